The number of hydrogen-bond donors (Lipinski definition) is 0. The maximum atomic E-state index is 14.1. The van der Waals surface area contributed by atoms with Gasteiger partial charge in [-0.15, -0.1) is 0 Å². The lowest BCUT2D eigenvalue weighted by molar-refractivity contribution is -0.120. The zero-order chi connectivity index (χ0) is 20.5. The van der Waals surface area contributed by atoms with Gasteiger partial charge in [-0.3, -0.25) is 9.69 Å². The fourth-order valence-electron chi connectivity index (χ4n) is 2.93. The van der Waals surface area contributed by atoms with Crippen molar-refractivity contribution >= 4 is 18.1 Å². The summed E-state index contributed by atoms with van der Waals surface area (Å²) in [6.07, 6.45) is -0.753. The van der Waals surface area contributed by atoms with Crippen LogP contribution in [0.2, 0.25) is 0 Å². The molecule has 27 heavy (non-hydrogen) atoms. The average Bonchev–Trinajstić information content (AvgIpc) is 2.97. The predicted molar refractivity (Wildman–Crippen MR) is 85.1 cm³/mol. The summed E-state index contributed by atoms with van der Waals surface area (Å²) in [4.78, 5) is 28.0. The molecule has 146 valence electrons. The molecular weight excluding hydrogens is 370 g/mol. The van der Waals surface area contributed by atoms with Crippen molar-refractivity contribution in [2.75, 3.05) is 6.54 Å². The van der Waals surface area contributed by atoms with Crippen LogP contribution in [0.5, 0.6) is 0 Å². The van der Waals surface area contributed by atoms with Gasteiger partial charge in [0.05, 0.1) is 0 Å². The minimum absolute atomic E-state index is 0.0792. The van der Waals surface area contributed by atoms with E-state index >= 15 is 0 Å². The number of amides is 1. The van der Waals surface area contributed by atoms with Crippen molar-refractivity contribution in [1.82, 2.24) is 4.90 Å². The molecule has 0 aromatic heterocycles. The third-order valence-electron chi connectivity index (χ3n) is 4.00. The molecule has 0 bridgehead atoms. The molecule has 0 radical (unpaired) electrons. The molecule has 1 aliphatic rings. The lowest BCUT2D eigenvalue weighted by Crippen LogP contribution is -2.43. The molecule has 10 heteroatoms. The summed E-state index contributed by atoms with van der Waals surface area (Å²) >= 11 is 0. The molecule has 0 aliphatic carbocycles. The normalized spacial score (nSPS) is 19.6. The van der Waals surface area contributed by atoms with Gasteiger partial charge in [0, 0.05) is 24.1 Å². The molecule has 0 unspecified atom stereocenters. The van der Waals surface area contributed by atoms with Crippen LogP contribution in [0.15, 0.2) is 6.07 Å². The zero-order valence-corrected chi connectivity index (χ0v) is 14.8. The standard InChI is InChI=1S/C17H17F4N3O3/c1-17(2,3)27-16(26)24-7-8(4-11(24)12(25)6-23-22)13-14(20)9(18)5-10(19)15(13)21/h5-6,8,11H,4,7H2,1-3H3/t8-,11+/m0/s1. The first-order valence-electron chi connectivity index (χ1n) is 8.00. The molecule has 1 heterocycles. The van der Waals surface area contributed by atoms with Crippen molar-refractivity contribution in [3.05, 3.63) is 40.4 Å². The number of halogens is 4. The molecule has 1 aromatic carbocycles. The van der Waals surface area contributed by atoms with Gasteiger partial charge in [0.1, 0.15) is 11.6 Å². The number of ether oxygens (including phenoxy) is 1. The van der Waals surface area contributed by atoms with E-state index in [0.717, 1.165) is 4.90 Å². The summed E-state index contributed by atoms with van der Waals surface area (Å²) in [5.74, 6) is -8.38. The minimum Gasteiger partial charge on any atom is -0.444 e. The first kappa shape index (κ1) is 20.6. The Morgan fingerprint density at radius 2 is 1.78 bits per heavy atom. The zero-order valence-electron chi connectivity index (χ0n) is 14.8. The Kier molecular flexibility index (Phi) is 5.70. The number of carbonyl (C=O) groups is 2. The van der Waals surface area contributed by atoms with E-state index in [2.05, 4.69) is 4.79 Å². The summed E-state index contributed by atoms with van der Waals surface area (Å²) in [6, 6.07) is -1.19. The number of hydrogen-bond acceptors (Lipinski definition) is 3. The van der Waals surface area contributed by atoms with Gasteiger partial charge in [-0.25, -0.2) is 22.4 Å². The van der Waals surface area contributed by atoms with Crippen LogP contribution in [0.3, 0.4) is 0 Å². The maximum absolute atomic E-state index is 14.1. The van der Waals surface area contributed by atoms with Gasteiger partial charge < -0.3 is 10.3 Å². The van der Waals surface area contributed by atoms with Crippen LogP contribution in [0, 0.1) is 23.3 Å². The highest BCUT2D eigenvalue weighted by atomic mass is 19.2. The van der Waals surface area contributed by atoms with E-state index in [4.69, 9.17) is 10.3 Å². The number of carbonyl (C=O) groups excluding carboxylic acids is 2. The molecule has 6 nitrogen and oxygen atoms in total. The molecule has 1 fully saturated rings. The molecule has 1 aliphatic heterocycles. The third kappa shape index (κ3) is 4.33. The van der Waals surface area contributed by atoms with E-state index < -0.39 is 64.8 Å². The number of benzene rings is 1. The van der Waals surface area contributed by atoms with Crippen molar-refractivity contribution in [2.45, 2.75) is 44.8 Å². The monoisotopic (exact) mass is 387 g/mol. The van der Waals surface area contributed by atoms with Gasteiger partial charge in [-0.2, -0.15) is 4.79 Å². The van der Waals surface area contributed by atoms with E-state index in [1.807, 2.05) is 0 Å². The summed E-state index contributed by atoms with van der Waals surface area (Å²) in [7, 11) is 0. The molecule has 1 aromatic rings. The highest BCUT2D eigenvalue weighted by Crippen LogP contribution is 2.37. The fourth-order valence-corrected chi connectivity index (χ4v) is 2.93. The van der Waals surface area contributed by atoms with E-state index in [-0.39, 0.29) is 12.5 Å². The smallest absolute Gasteiger partial charge is 0.410 e. The predicted octanol–water partition coefficient (Wildman–Crippen LogP) is 3.21. The highest BCUT2D eigenvalue weighted by Gasteiger charge is 2.44. The number of ketones is 1. The fraction of sp³-hybridized carbons (Fsp3) is 0.471. The van der Waals surface area contributed by atoms with Crippen molar-refractivity contribution in [2.24, 2.45) is 0 Å². The lowest BCUT2D eigenvalue weighted by Gasteiger charge is -2.27. The number of rotatable bonds is 3. The molecule has 0 N–H and O–H groups in total. The molecule has 1 saturated heterocycles. The molecular formula is C17H17F4N3O3. The van der Waals surface area contributed by atoms with Crippen LogP contribution in [-0.2, 0) is 9.53 Å². The van der Waals surface area contributed by atoms with Crippen molar-refractivity contribution in [1.29, 1.82) is 0 Å². The summed E-state index contributed by atoms with van der Waals surface area (Å²) in [6.45, 7) is 4.31. The lowest BCUT2D eigenvalue weighted by atomic mass is 9.94. The SMILES string of the molecule is CC(C)(C)OC(=O)N1C[C@@H](c2c(F)c(F)cc(F)c2F)C[C@@H]1C(=O)C=[N+]=[N-]. The van der Waals surface area contributed by atoms with Gasteiger partial charge in [0.2, 0.25) is 0 Å². The molecule has 2 rings (SSSR count). The Balaban J connectivity index is 2.44. The van der Waals surface area contributed by atoms with Gasteiger partial charge >= 0.3 is 12.3 Å². The van der Waals surface area contributed by atoms with Crippen molar-refractivity contribution in [3.63, 3.8) is 0 Å². The Morgan fingerprint density at radius 3 is 2.26 bits per heavy atom. The van der Waals surface area contributed by atoms with Crippen molar-refractivity contribution in [3.8, 4) is 0 Å². The van der Waals surface area contributed by atoms with Crippen molar-refractivity contribution < 1.29 is 36.7 Å². The Hall–Kier alpha value is -2.74. The number of nitrogens with zero attached hydrogens (tertiary/aromatic N) is 3. The Morgan fingerprint density at radius 1 is 1.22 bits per heavy atom. The molecule has 0 saturated carbocycles. The van der Waals surface area contributed by atoms with Crippen LogP contribution in [0.25, 0.3) is 5.53 Å². The first-order valence-corrected chi connectivity index (χ1v) is 8.00. The van der Waals surface area contributed by atoms with Gasteiger partial charge in [0.25, 0.3) is 5.78 Å². The largest absolute Gasteiger partial charge is 0.444 e. The minimum atomic E-state index is -1.59. The quantitative estimate of drug-likeness (QED) is 0.263. The molecule has 0 spiro atoms. The highest BCUT2D eigenvalue weighted by molar-refractivity contribution is 6.28. The Bertz CT molecular complexity index is 805. The second kappa shape index (κ2) is 7.48. The van der Waals surface area contributed by atoms with E-state index in [9.17, 15) is 27.2 Å². The maximum Gasteiger partial charge on any atom is 0.410 e. The summed E-state index contributed by atoms with van der Waals surface area (Å²) < 4.78 is 60.4. The van der Waals surface area contributed by atoms with Crippen LogP contribution in [0.1, 0.15) is 38.7 Å². The Labute approximate surface area is 152 Å². The second-order valence-electron chi connectivity index (χ2n) is 7.11. The third-order valence-corrected chi connectivity index (χ3v) is 4.00. The van der Waals surface area contributed by atoms with Crippen LogP contribution in [0.4, 0.5) is 22.4 Å². The number of Topliss-reactive ketones (excluding diaryl/α,β-unsaturated/α-hetero) is 1. The first-order chi connectivity index (χ1) is 12.5. The van der Waals surface area contributed by atoms with Gasteiger partial charge in [0.15, 0.2) is 23.3 Å². The molecule has 1 amide bonds. The van der Waals surface area contributed by atoms with Gasteiger partial charge in [-0.1, -0.05) is 0 Å². The van der Waals surface area contributed by atoms with E-state index in [1.165, 1.54) is 0 Å². The van der Waals surface area contributed by atoms with Gasteiger partial charge in [-0.05, 0) is 27.2 Å². The molecule has 2 atom stereocenters. The van der Waals surface area contributed by atoms with Crippen LogP contribution in [-0.4, -0.2) is 46.0 Å². The number of likely N-dealkylation sites (tertiary alicyclic amines) is 1. The van der Waals surface area contributed by atoms with E-state index in [0.29, 0.717) is 6.21 Å². The van der Waals surface area contributed by atoms with Crippen LogP contribution < -0.4 is 0 Å². The summed E-state index contributed by atoms with van der Waals surface area (Å²) in [5, 5.41) is 0. The topological polar surface area (TPSA) is 83.0 Å². The summed E-state index contributed by atoms with van der Waals surface area (Å²) in [5.41, 5.74) is 6.73. The second-order valence-corrected chi connectivity index (χ2v) is 7.11. The van der Waals surface area contributed by atoms with Crippen LogP contribution >= 0.6 is 0 Å². The van der Waals surface area contributed by atoms with E-state index in [1.54, 1.807) is 20.8 Å². The average molecular weight is 387 g/mol.